The van der Waals surface area contributed by atoms with Crippen molar-refractivity contribution >= 4 is 28.9 Å². The number of aryl methyl sites for hydroxylation is 1. The molecule has 1 heterocycles. The van der Waals surface area contributed by atoms with E-state index in [9.17, 15) is 9.18 Å². The van der Waals surface area contributed by atoms with Crippen LogP contribution in [0, 0.1) is 5.82 Å². The van der Waals surface area contributed by atoms with Gasteiger partial charge in [0.2, 0.25) is 0 Å². The number of thiazole rings is 1. The van der Waals surface area contributed by atoms with Gasteiger partial charge in [-0.25, -0.2) is 9.37 Å². The van der Waals surface area contributed by atoms with Crippen LogP contribution < -0.4 is 0 Å². The molecular formula is C13H11ClFNO2S. The van der Waals surface area contributed by atoms with E-state index in [-0.39, 0.29) is 12.2 Å². The average molecular weight is 300 g/mol. The van der Waals surface area contributed by atoms with Gasteiger partial charge in [-0.05, 0) is 17.7 Å². The number of carbonyl (C=O) groups is 1. The molecule has 2 rings (SSSR count). The molecule has 0 atom stereocenters. The molecule has 0 amide bonds. The standard InChI is InChI=1S/C13H11ClFNO2S/c14-11-6-9(15)2-1-8(11)5-12-16-10(7-19-12)3-4-13(17)18/h1-2,6-7H,3-5H2,(H,17,18). The second-order valence-corrected chi connectivity index (χ2v) is 5.39. The fourth-order valence-corrected chi connectivity index (χ4v) is 2.69. The molecule has 1 aromatic heterocycles. The van der Waals surface area contributed by atoms with Crippen LogP contribution in [0.5, 0.6) is 0 Å². The number of hydrogen-bond donors (Lipinski definition) is 1. The summed E-state index contributed by atoms with van der Waals surface area (Å²) in [6.07, 6.45) is 1.01. The van der Waals surface area contributed by atoms with Gasteiger partial charge in [-0.2, -0.15) is 0 Å². The van der Waals surface area contributed by atoms with Gasteiger partial charge in [0.25, 0.3) is 0 Å². The van der Waals surface area contributed by atoms with Crippen molar-refractivity contribution in [3.63, 3.8) is 0 Å². The largest absolute Gasteiger partial charge is 0.481 e. The summed E-state index contributed by atoms with van der Waals surface area (Å²) in [5, 5.41) is 11.7. The highest BCUT2D eigenvalue weighted by Crippen LogP contribution is 2.22. The number of aliphatic carboxylic acids is 1. The highest BCUT2D eigenvalue weighted by Gasteiger charge is 2.08. The van der Waals surface area contributed by atoms with Gasteiger partial charge in [0.05, 0.1) is 17.1 Å². The number of carboxylic acid groups (broad SMARTS) is 1. The fourth-order valence-electron chi connectivity index (χ4n) is 1.61. The Labute approximate surface area is 118 Å². The van der Waals surface area contributed by atoms with Crippen LogP contribution in [0.25, 0.3) is 0 Å². The van der Waals surface area contributed by atoms with Crippen molar-refractivity contribution in [1.29, 1.82) is 0 Å². The van der Waals surface area contributed by atoms with E-state index in [4.69, 9.17) is 16.7 Å². The van der Waals surface area contributed by atoms with Gasteiger partial charge < -0.3 is 5.11 Å². The summed E-state index contributed by atoms with van der Waals surface area (Å²) < 4.78 is 12.9. The van der Waals surface area contributed by atoms with Crippen LogP contribution in [0.3, 0.4) is 0 Å². The Morgan fingerprint density at radius 2 is 2.26 bits per heavy atom. The van der Waals surface area contributed by atoms with E-state index in [1.807, 2.05) is 5.38 Å². The smallest absolute Gasteiger partial charge is 0.303 e. The molecule has 0 unspecified atom stereocenters. The van der Waals surface area contributed by atoms with Crippen molar-refractivity contribution in [1.82, 2.24) is 4.98 Å². The molecule has 19 heavy (non-hydrogen) atoms. The van der Waals surface area contributed by atoms with E-state index < -0.39 is 5.97 Å². The number of benzene rings is 1. The lowest BCUT2D eigenvalue weighted by atomic mass is 10.1. The van der Waals surface area contributed by atoms with Gasteiger partial charge in [0, 0.05) is 23.2 Å². The third kappa shape index (κ3) is 4.01. The second-order valence-electron chi connectivity index (χ2n) is 4.04. The molecule has 1 aromatic carbocycles. The summed E-state index contributed by atoms with van der Waals surface area (Å²) in [5.41, 5.74) is 1.57. The minimum atomic E-state index is -0.837. The Morgan fingerprint density at radius 3 is 2.95 bits per heavy atom. The van der Waals surface area contributed by atoms with Crippen LogP contribution in [-0.4, -0.2) is 16.1 Å². The van der Waals surface area contributed by atoms with Crippen LogP contribution in [0.15, 0.2) is 23.6 Å². The van der Waals surface area contributed by atoms with Gasteiger partial charge in [-0.15, -0.1) is 11.3 Å². The molecule has 2 aromatic rings. The number of nitrogens with zero attached hydrogens (tertiary/aromatic N) is 1. The van der Waals surface area contributed by atoms with E-state index in [0.29, 0.717) is 17.9 Å². The molecule has 0 aliphatic rings. The lowest BCUT2D eigenvalue weighted by Gasteiger charge is -2.01. The minimum Gasteiger partial charge on any atom is -0.481 e. The molecule has 0 radical (unpaired) electrons. The Balaban J connectivity index is 2.05. The molecule has 0 saturated heterocycles. The van der Waals surface area contributed by atoms with Crippen molar-refractivity contribution in [3.8, 4) is 0 Å². The fraction of sp³-hybridized carbons (Fsp3) is 0.231. The van der Waals surface area contributed by atoms with E-state index in [1.165, 1.54) is 23.5 Å². The summed E-state index contributed by atoms with van der Waals surface area (Å²) >= 11 is 7.40. The Kier molecular flexibility index (Phi) is 4.50. The number of rotatable bonds is 5. The van der Waals surface area contributed by atoms with Crippen molar-refractivity contribution in [2.24, 2.45) is 0 Å². The summed E-state index contributed by atoms with van der Waals surface area (Å²) in [6.45, 7) is 0. The first-order valence-corrected chi connectivity index (χ1v) is 6.89. The molecule has 6 heteroatoms. The maximum atomic E-state index is 12.9. The van der Waals surface area contributed by atoms with Crippen molar-refractivity contribution in [3.05, 3.63) is 50.7 Å². The molecule has 100 valence electrons. The monoisotopic (exact) mass is 299 g/mol. The van der Waals surface area contributed by atoms with E-state index in [0.717, 1.165) is 16.3 Å². The minimum absolute atomic E-state index is 0.0699. The third-order valence-electron chi connectivity index (χ3n) is 2.55. The van der Waals surface area contributed by atoms with E-state index in [2.05, 4.69) is 4.98 Å². The molecule has 1 N–H and O–H groups in total. The second kappa shape index (κ2) is 6.12. The van der Waals surface area contributed by atoms with Gasteiger partial charge in [0.1, 0.15) is 5.82 Å². The zero-order valence-corrected chi connectivity index (χ0v) is 11.5. The molecule has 3 nitrogen and oxygen atoms in total. The normalized spacial score (nSPS) is 10.6. The molecule has 0 bridgehead atoms. The topological polar surface area (TPSA) is 50.2 Å². The highest BCUT2D eigenvalue weighted by molar-refractivity contribution is 7.09. The summed E-state index contributed by atoms with van der Waals surface area (Å²) in [5.74, 6) is -1.20. The quantitative estimate of drug-likeness (QED) is 0.918. The third-order valence-corrected chi connectivity index (χ3v) is 3.80. The Morgan fingerprint density at radius 1 is 1.47 bits per heavy atom. The maximum absolute atomic E-state index is 12.9. The summed E-state index contributed by atoms with van der Waals surface area (Å²) in [7, 11) is 0. The van der Waals surface area contributed by atoms with Crippen molar-refractivity contribution < 1.29 is 14.3 Å². The first kappa shape index (κ1) is 14.0. The Bertz CT molecular complexity index is 600. The van der Waals surface area contributed by atoms with E-state index >= 15 is 0 Å². The highest BCUT2D eigenvalue weighted by atomic mass is 35.5. The predicted octanol–water partition coefficient (Wildman–Crippen LogP) is 3.54. The first-order chi connectivity index (χ1) is 9.04. The molecule has 0 fully saturated rings. The molecular weight excluding hydrogens is 289 g/mol. The van der Waals surface area contributed by atoms with Gasteiger partial charge in [-0.3, -0.25) is 4.79 Å². The van der Waals surface area contributed by atoms with Crippen molar-refractivity contribution in [2.45, 2.75) is 19.3 Å². The van der Waals surface area contributed by atoms with Crippen LogP contribution in [0.2, 0.25) is 5.02 Å². The summed E-state index contributed by atoms with van der Waals surface area (Å²) in [6, 6.07) is 4.27. The molecule has 0 saturated carbocycles. The lowest BCUT2D eigenvalue weighted by molar-refractivity contribution is -0.136. The van der Waals surface area contributed by atoms with Crippen LogP contribution in [-0.2, 0) is 17.6 Å². The zero-order valence-electron chi connectivity index (χ0n) is 9.90. The summed E-state index contributed by atoms with van der Waals surface area (Å²) in [4.78, 5) is 14.8. The Hall–Kier alpha value is -1.46. The SMILES string of the molecule is O=C(O)CCc1csc(Cc2ccc(F)cc2Cl)n1. The lowest BCUT2D eigenvalue weighted by Crippen LogP contribution is -1.98. The van der Waals surface area contributed by atoms with Gasteiger partial charge in [0.15, 0.2) is 0 Å². The molecule has 0 aliphatic carbocycles. The molecule has 0 spiro atoms. The van der Waals surface area contributed by atoms with Gasteiger partial charge >= 0.3 is 5.97 Å². The zero-order chi connectivity index (χ0) is 13.8. The van der Waals surface area contributed by atoms with Crippen LogP contribution >= 0.6 is 22.9 Å². The van der Waals surface area contributed by atoms with Gasteiger partial charge in [-0.1, -0.05) is 17.7 Å². The van der Waals surface area contributed by atoms with E-state index in [1.54, 1.807) is 6.07 Å². The number of carboxylic acids is 1. The number of aromatic nitrogens is 1. The van der Waals surface area contributed by atoms with Crippen LogP contribution in [0.4, 0.5) is 4.39 Å². The van der Waals surface area contributed by atoms with Crippen LogP contribution in [0.1, 0.15) is 22.7 Å². The average Bonchev–Trinajstić information content (AvgIpc) is 2.78. The maximum Gasteiger partial charge on any atom is 0.303 e. The van der Waals surface area contributed by atoms with Crippen molar-refractivity contribution in [2.75, 3.05) is 0 Å². The first-order valence-electron chi connectivity index (χ1n) is 5.63. The predicted molar refractivity (Wildman–Crippen MR) is 72.3 cm³/mol. The molecule has 0 aliphatic heterocycles. The number of hydrogen-bond acceptors (Lipinski definition) is 3. The number of halogens is 2.